The highest BCUT2D eigenvalue weighted by Crippen LogP contribution is 2.21. The summed E-state index contributed by atoms with van der Waals surface area (Å²) in [5.41, 5.74) is 0.173. The lowest BCUT2D eigenvalue weighted by Crippen LogP contribution is -2.49. The van der Waals surface area contributed by atoms with Crippen molar-refractivity contribution in [2.75, 3.05) is 26.2 Å². The minimum absolute atomic E-state index is 0.173. The summed E-state index contributed by atoms with van der Waals surface area (Å²) in [7, 11) is 0. The number of piperidine rings is 1. The standard InChI is InChI=1S/C15H30N4/c1-4-16-14(18-13-8-9-13)17-12-15(2,3)19-10-6-5-7-11-19/h13H,4-12H2,1-3H3,(H2,16,17,18). The Morgan fingerprint density at radius 1 is 1.21 bits per heavy atom. The van der Waals surface area contributed by atoms with Crippen molar-refractivity contribution in [1.82, 2.24) is 15.5 Å². The molecule has 2 fully saturated rings. The number of hydrogen-bond donors (Lipinski definition) is 2. The molecule has 4 heteroatoms. The Morgan fingerprint density at radius 3 is 2.47 bits per heavy atom. The van der Waals surface area contributed by atoms with Gasteiger partial charge in [0.1, 0.15) is 0 Å². The van der Waals surface area contributed by atoms with Crippen molar-refractivity contribution in [1.29, 1.82) is 0 Å². The molecule has 2 N–H and O–H groups in total. The SMILES string of the molecule is CCNC(=NCC(C)(C)N1CCCCC1)NC1CC1. The lowest BCUT2D eigenvalue weighted by atomic mass is 9.99. The monoisotopic (exact) mass is 266 g/mol. The first-order valence-corrected chi connectivity index (χ1v) is 7.92. The summed E-state index contributed by atoms with van der Waals surface area (Å²) in [5.74, 6) is 0.995. The van der Waals surface area contributed by atoms with Crippen molar-refractivity contribution in [3.63, 3.8) is 0 Å². The molecule has 4 nitrogen and oxygen atoms in total. The Balaban J connectivity index is 1.88. The molecule has 0 bridgehead atoms. The number of aliphatic imine (C=N–C) groups is 1. The molecule has 110 valence electrons. The Bertz CT molecular complexity index is 301. The Morgan fingerprint density at radius 2 is 1.89 bits per heavy atom. The third kappa shape index (κ3) is 4.68. The van der Waals surface area contributed by atoms with Crippen LogP contribution in [0.5, 0.6) is 0 Å². The largest absolute Gasteiger partial charge is 0.357 e. The Kier molecular flexibility index (Phi) is 5.08. The second kappa shape index (κ2) is 6.60. The molecule has 0 spiro atoms. The van der Waals surface area contributed by atoms with Gasteiger partial charge in [0.15, 0.2) is 5.96 Å². The van der Waals surface area contributed by atoms with Gasteiger partial charge in [-0.1, -0.05) is 6.42 Å². The second-order valence-corrected chi connectivity index (χ2v) is 6.47. The van der Waals surface area contributed by atoms with Crippen LogP contribution in [0.15, 0.2) is 4.99 Å². The van der Waals surface area contributed by atoms with Crippen molar-refractivity contribution < 1.29 is 0 Å². The van der Waals surface area contributed by atoms with Crippen molar-refractivity contribution in [2.45, 2.75) is 64.5 Å². The zero-order chi connectivity index (χ0) is 13.7. The lowest BCUT2D eigenvalue weighted by molar-refractivity contribution is 0.102. The van der Waals surface area contributed by atoms with Crippen LogP contribution in [0.2, 0.25) is 0 Å². The first-order valence-electron chi connectivity index (χ1n) is 7.92. The van der Waals surface area contributed by atoms with Gasteiger partial charge in [-0.05, 0) is 59.5 Å². The maximum atomic E-state index is 4.79. The van der Waals surface area contributed by atoms with E-state index in [-0.39, 0.29) is 5.54 Å². The molecule has 2 aliphatic rings. The molecule has 0 radical (unpaired) electrons. The van der Waals surface area contributed by atoms with E-state index in [1.165, 1.54) is 45.2 Å². The third-order valence-corrected chi connectivity index (χ3v) is 4.10. The van der Waals surface area contributed by atoms with Crippen LogP contribution in [0, 0.1) is 0 Å². The van der Waals surface area contributed by atoms with E-state index in [1.54, 1.807) is 0 Å². The van der Waals surface area contributed by atoms with Gasteiger partial charge < -0.3 is 10.6 Å². The predicted molar refractivity (Wildman–Crippen MR) is 81.6 cm³/mol. The van der Waals surface area contributed by atoms with Gasteiger partial charge in [0.25, 0.3) is 0 Å². The van der Waals surface area contributed by atoms with Crippen LogP contribution < -0.4 is 10.6 Å². The van der Waals surface area contributed by atoms with E-state index in [1.807, 2.05) is 0 Å². The highest BCUT2D eigenvalue weighted by molar-refractivity contribution is 5.80. The summed E-state index contributed by atoms with van der Waals surface area (Å²) in [6.07, 6.45) is 6.66. The highest BCUT2D eigenvalue weighted by Gasteiger charge is 2.28. The highest BCUT2D eigenvalue weighted by atomic mass is 15.2. The molecular formula is C15H30N4. The van der Waals surface area contributed by atoms with Crippen LogP contribution in [0.3, 0.4) is 0 Å². The van der Waals surface area contributed by atoms with E-state index < -0.39 is 0 Å². The van der Waals surface area contributed by atoms with Crippen LogP contribution >= 0.6 is 0 Å². The van der Waals surface area contributed by atoms with E-state index >= 15 is 0 Å². The molecule has 0 amide bonds. The molecule has 0 aromatic heterocycles. The molecule has 2 rings (SSSR count). The molecule has 1 aliphatic carbocycles. The summed E-state index contributed by atoms with van der Waals surface area (Å²) >= 11 is 0. The third-order valence-electron chi connectivity index (χ3n) is 4.10. The molecule has 0 aromatic carbocycles. The van der Waals surface area contributed by atoms with Crippen LogP contribution in [0.1, 0.15) is 52.9 Å². The molecule has 1 aliphatic heterocycles. The molecule has 1 heterocycles. The predicted octanol–water partition coefficient (Wildman–Crippen LogP) is 1.97. The molecule has 1 saturated heterocycles. The van der Waals surface area contributed by atoms with Crippen molar-refractivity contribution in [3.8, 4) is 0 Å². The fourth-order valence-corrected chi connectivity index (χ4v) is 2.61. The number of hydrogen-bond acceptors (Lipinski definition) is 2. The summed E-state index contributed by atoms with van der Waals surface area (Å²) in [6, 6.07) is 0.663. The van der Waals surface area contributed by atoms with Gasteiger partial charge in [-0.2, -0.15) is 0 Å². The molecule has 0 aromatic rings. The van der Waals surface area contributed by atoms with Crippen LogP contribution in [0.4, 0.5) is 0 Å². The van der Waals surface area contributed by atoms with Crippen LogP contribution in [-0.2, 0) is 0 Å². The van der Waals surface area contributed by atoms with E-state index in [0.29, 0.717) is 6.04 Å². The molecule has 0 unspecified atom stereocenters. The number of nitrogens with zero attached hydrogens (tertiary/aromatic N) is 2. The van der Waals surface area contributed by atoms with Crippen molar-refractivity contribution in [2.24, 2.45) is 4.99 Å². The van der Waals surface area contributed by atoms with Crippen molar-refractivity contribution in [3.05, 3.63) is 0 Å². The summed E-state index contributed by atoms with van der Waals surface area (Å²) < 4.78 is 0. The quantitative estimate of drug-likeness (QED) is 0.590. The number of likely N-dealkylation sites (tertiary alicyclic amines) is 1. The first kappa shape index (κ1) is 14.6. The van der Waals surface area contributed by atoms with Crippen molar-refractivity contribution >= 4 is 5.96 Å². The number of guanidine groups is 1. The minimum atomic E-state index is 0.173. The van der Waals surface area contributed by atoms with Gasteiger partial charge in [-0.3, -0.25) is 9.89 Å². The van der Waals surface area contributed by atoms with Gasteiger partial charge in [-0.25, -0.2) is 0 Å². The zero-order valence-electron chi connectivity index (χ0n) is 12.8. The normalized spacial score (nSPS) is 22.4. The average Bonchev–Trinajstić information content (AvgIpc) is 3.21. The molecule has 19 heavy (non-hydrogen) atoms. The fraction of sp³-hybridized carbons (Fsp3) is 0.933. The van der Waals surface area contributed by atoms with Gasteiger partial charge >= 0.3 is 0 Å². The zero-order valence-corrected chi connectivity index (χ0v) is 12.8. The molecular weight excluding hydrogens is 236 g/mol. The van der Waals surface area contributed by atoms with E-state index in [2.05, 4.69) is 36.3 Å². The summed E-state index contributed by atoms with van der Waals surface area (Å²) in [5, 5.41) is 6.84. The number of nitrogens with one attached hydrogen (secondary N) is 2. The molecule has 1 saturated carbocycles. The van der Waals surface area contributed by atoms with E-state index in [0.717, 1.165) is 19.0 Å². The Hall–Kier alpha value is -0.770. The minimum Gasteiger partial charge on any atom is -0.357 e. The summed E-state index contributed by atoms with van der Waals surface area (Å²) in [4.78, 5) is 7.39. The second-order valence-electron chi connectivity index (χ2n) is 6.47. The summed E-state index contributed by atoms with van der Waals surface area (Å²) in [6.45, 7) is 11.0. The van der Waals surface area contributed by atoms with Gasteiger partial charge in [-0.15, -0.1) is 0 Å². The van der Waals surface area contributed by atoms with Crippen LogP contribution in [-0.4, -0.2) is 48.6 Å². The average molecular weight is 266 g/mol. The maximum Gasteiger partial charge on any atom is 0.191 e. The van der Waals surface area contributed by atoms with Gasteiger partial charge in [0, 0.05) is 18.1 Å². The topological polar surface area (TPSA) is 39.7 Å². The van der Waals surface area contributed by atoms with Gasteiger partial charge in [0.05, 0.1) is 6.54 Å². The van der Waals surface area contributed by atoms with E-state index in [9.17, 15) is 0 Å². The van der Waals surface area contributed by atoms with Crippen LogP contribution in [0.25, 0.3) is 0 Å². The smallest absolute Gasteiger partial charge is 0.191 e. The first-order chi connectivity index (χ1) is 9.12. The Labute approximate surface area is 118 Å². The fourth-order valence-electron chi connectivity index (χ4n) is 2.61. The molecule has 0 atom stereocenters. The lowest BCUT2D eigenvalue weighted by Gasteiger charge is -2.40. The van der Waals surface area contributed by atoms with Gasteiger partial charge in [0.2, 0.25) is 0 Å². The van der Waals surface area contributed by atoms with E-state index in [4.69, 9.17) is 4.99 Å². The maximum absolute atomic E-state index is 4.79. The number of rotatable bonds is 5.